The van der Waals surface area contributed by atoms with Crippen molar-refractivity contribution < 1.29 is 9.53 Å². The summed E-state index contributed by atoms with van der Waals surface area (Å²) in [6, 6.07) is 15.7. The molecule has 0 aliphatic heterocycles. The maximum absolute atomic E-state index is 12.3. The molecule has 0 aliphatic rings. The van der Waals surface area contributed by atoms with Crippen LogP contribution in [0.5, 0.6) is 5.75 Å². The Morgan fingerprint density at radius 2 is 1.97 bits per heavy atom. The number of hydrogen-bond donors (Lipinski definition) is 2. The number of rotatable bonds is 7. The van der Waals surface area contributed by atoms with E-state index in [2.05, 4.69) is 32.4 Å². The van der Waals surface area contributed by atoms with Crippen LogP contribution >= 0.6 is 11.3 Å². The number of ether oxygens (including phenoxy) is 1. The first-order valence-corrected chi connectivity index (χ1v) is 11.2. The molecular formula is C24H25N5O2S. The molecule has 4 aromatic rings. The molecule has 0 radical (unpaired) electrons. The van der Waals surface area contributed by atoms with Crippen LogP contribution in [-0.4, -0.2) is 20.6 Å². The molecular weight excluding hydrogens is 422 g/mol. The SMILES string of the molecule is Cc1cc(OC(=O)NCc2ccc(CN)nc2)c(C)n1Cc1csc(-c2ccccc2)n1. The number of aromatic nitrogens is 3. The molecule has 0 aliphatic carbocycles. The first kappa shape index (κ1) is 21.7. The number of carbonyl (C=O) groups is 1. The van der Waals surface area contributed by atoms with Gasteiger partial charge in [-0.25, -0.2) is 9.78 Å². The van der Waals surface area contributed by atoms with Crippen molar-refractivity contribution in [2.75, 3.05) is 0 Å². The van der Waals surface area contributed by atoms with E-state index < -0.39 is 6.09 Å². The minimum absolute atomic E-state index is 0.330. The predicted octanol–water partition coefficient (Wildman–Crippen LogP) is 4.42. The quantitative estimate of drug-likeness (QED) is 0.437. The minimum atomic E-state index is -0.506. The summed E-state index contributed by atoms with van der Waals surface area (Å²) in [6.45, 7) is 5.27. The second-order valence-corrected chi connectivity index (χ2v) is 8.29. The lowest BCUT2D eigenvalue weighted by Crippen LogP contribution is -2.26. The molecule has 0 unspecified atom stereocenters. The van der Waals surface area contributed by atoms with Crippen LogP contribution < -0.4 is 15.8 Å². The summed E-state index contributed by atoms with van der Waals surface area (Å²) >= 11 is 1.63. The van der Waals surface area contributed by atoms with Crippen molar-refractivity contribution in [3.8, 4) is 16.3 Å². The van der Waals surface area contributed by atoms with Crippen molar-refractivity contribution in [2.45, 2.75) is 33.5 Å². The molecule has 3 aromatic heterocycles. The van der Waals surface area contributed by atoms with Crippen molar-refractivity contribution in [3.05, 3.63) is 88.4 Å². The van der Waals surface area contributed by atoms with E-state index in [-0.39, 0.29) is 0 Å². The summed E-state index contributed by atoms with van der Waals surface area (Å²) in [5.74, 6) is 0.537. The highest BCUT2D eigenvalue weighted by molar-refractivity contribution is 7.13. The minimum Gasteiger partial charge on any atom is -0.408 e. The summed E-state index contributed by atoms with van der Waals surface area (Å²) in [4.78, 5) is 21.3. The fourth-order valence-electron chi connectivity index (χ4n) is 3.36. The van der Waals surface area contributed by atoms with Crippen LogP contribution in [-0.2, 0) is 19.6 Å². The Kier molecular flexibility index (Phi) is 6.63. The van der Waals surface area contributed by atoms with Gasteiger partial charge in [0.1, 0.15) is 5.01 Å². The Balaban J connectivity index is 1.39. The van der Waals surface area contributed by atoms with E-state index >= 15 is 0 Å². The van der Waals surface area contributed by atoms with E-state index in [0.717, 1.165) is 38.9 Å². The molecule has 0 bridgehead atoms. The van der Waals surface area contributed by atoms with E-state index in [0.29, 0.717) is 25.4 Å². The molecule has 3 N–H and O–H groups in total. The topological polar surface area (TPSA) is 95.1 Å². The normalized spacial score (nSPS) is 10.8. The third kappa shape index (κ3) is 5.04. The van der Waals surface area contributed by atoms with Gasteiger partial charge in [0.05, 0.1) is 23.6 Å². The highest BCUT2D eigenvalue weighted by atomic mass is 32.1. The lowest BCUT2D eigenvalue weighted by atomic mass is 10.2. The molecule has 3 heterocycles. The zero-order valence-electron chi connectivity index (χ0n) is 18.0. The van der Waals surface area contributed by atoms with Gasteiger partial charge >= 0.3 is 6.09 Å². The number of nitrogens with zero attached hydrogens (tertiary/aromatic N) is 3. The van der Waals surface area contributed by atoms with Crippen LogP contribution in [0.3, 0.4) is 0 Å². The molecule has 1 aromatic carbocycles. The highest BCUT2D eigenvalue weighted by Gasteiger charge is 2.15. The summed E-state index contributed by atoms with van der Waals surface area (Å²) in [6.07, 6.45) is 1.19. The lowest BCUT2D eigenvalue weighted by molar-refractivity contribution is 0.199. The monoisotopic (exact) mass is 447 g/mol. The average molecular weight is 448 g/mol. The van der Waals surface area contributed by atoms with Gasteiger partial charge < -0.3 is 20.4 Å². The molecule has 0 saturated carbocycles. The largest absolute Gasteiger partial charge is 0.412 e. The van der Waals surface area contributed by atoms with Crippen molar-refractivity contribution in [2.24, 2.45) is 5.73 Å². The molecule has 164 valence electrons. The van der Waals surface area contributed by atoms with Gasteiger partial charge in [-0.05, 0) is 25.5 Å². The van der Waals surface area contributed by atoms with E-state index in [9.17, 15) is 4.79 Å². The summed E-state index contributed by atoms with van der Waals surface area (Å²) in [5, 5.41) is 5.82. The third-order valence-electron chi connectivity index (χ3n) is 5.15. The molecule has 4 rings (SSSR count). The van der Waals surface area contributed by atoms with E-state index in [1.807, 2.05) is 50.2 Å². The summed E-state index contributed by atoms with van der Waals surface area (Å²) < 4.78 is 7.66. The fourth-order valence-corrected chi connectivity index (χ4v) is 4.18. The Bertz CT molecular complexity index is 1200. The smallest absolute Gasteiger partial charge is 0.408 e. The molecule has 0 saturated heterocycles. The van der Waals surface area contributed by atoms with Crippen LogP contribution in [0.15, 0.2) is 60.1 Å². The number of hydrogen-bond acceptors (Lipinski definition) is 6. The van der Waals surface area contributed by atoms with Gasteiger partial charge in [0, 0.05) is 42.0 Å². The van der Waals surface area contributed by atoms with Gasteiger partial charge in [-0.1, -0.05) is 36.4 Å². The van der Waals surface area contributed by atoms with Gasteiger partial charge in [-0.3, -0.25) is 4.98 Å². The maximum Gasteiger partial charge on any atom is 0.412 e. The summed E-state index contributed by atoms with van der Waals surface area (Å²) in [7, 11) is 0. The van der Waals surface area contributed by atoms with Gasteiger partial charge in [0.2, 0.25) is 0 Å². The fraction of sp³-hybridized carbons (Fsp3) is 0.208. The second-order valence-electron chi connectivity index (χ2n) is 7.44. The Labute approximate surface area is 190 Å². The predicted molar refractivity (Wildman–Crippen MR) is 126 cm³/mol. The van der Waals surface area contributed by atoms with Crippen LogP contribution in [0.1, 0.15) is 28.3 Å². The zero-order valence-corrected chi connectivity index (χ0v) is 18.9. The number of thiazole rings is 1. The maximum atomic E-state index is 12.3. The zero-order chi connectivity index (χ0) is 22.5. The molecule has 0 atom stereocenters. The lowest BCUT2D eigenvalue weighted by Gasteiger charge is -2.09. The standard InChI is InChI=1S/C24H25N5O2S/c1-16-10-22(31-24(30)27-13-18-8-9-20(11-25)26-12-18)17(2)29(16)14-21-15-32-23(28-21)19-6-4-3-5-7-19/h3-10,12,15H,11,13-14,25H2,1-2H3,(H,27,30). The van der Waals surface area contributed by atoms with Crippen LogP contribution in [0, 0.1) is 13.8 Å². The average Bonchev–Trinajstić information content (AvgIpc) is 3.39. The number of carbonyl (C=O) groups excluding carboxylic acids is 1. The Morgan fingerprint density at radius 3 is 2.69 bits per heavy atom. The number of nitrogens with two attached hydrogens (primary N) is 1. The molecule has 1 amide bonds. The first-order valence-electron chi connectivity index (χ1n) is 10.3. The van der Waals surface area contributed by atoms with Crippen LogP contribution in [0.2, 0.25) is 0 Å². The molecule has 32 heavy (non-hydrogen) atoms. The molecule has 8 heteroatoms. The van der Waals surface area contributed by atoms with E-state index in [1.165, 1.54) is 0 Å². The van der Waals surface area contributed by atoms with Crippen LogP contribution in [0.4, 0.5) is 4.79 Å². The van der Waals surface area contributed by atoms with Gasteiger partial charge in [0.25, 0.3) is 0 Å². The number of aryl methyl sites for hydroxylation is 1. The number of benzene rings is 1. The molecule has 7 nitrogen and oxygen atoms in total. The molecule has 0 fully saturated rings. The Hall–Kier alpha value is -3.49. The number of nitrogens with one attached hydrogen (secondary N) is 1. The van der Waals surface area contributed by atoms with Crippen molar-refractivity contribution in [1.82, 2.24) is 19.9 Å². The number of pyridine rings is 1. The van der Waals surface area contributed by atoms with Crippen LogP contribution in [0.25, 0.3) is 10.6 Å². The van der Waals surface area contributed by atoms with Gasteiger partial charge in [-0.2, -0.15) is 0 Å². The van der Waals surface area contributed by atoms with Crippen molar-refractivity contribution in [1.29, 1.82) is 0 Å². The summed E-state index contributed by atoms with van der Waals surface area (Å²) in [5.41, 5.74) is 11.2. The highest BCUT2D eigenvalue weighted by Crippen LogP contribution is 2.27. The van der Waals surface area contributed by atoms with E-state index in [1.54, 1.807) is 17.5 Å². The first-order chi connectivity index (χ1) is 15.5. The van der Waals surface area contributed by atoms with E-state index in [4.69, 9.17) is 15.5 Å². The van der Waals surface area contributed by atoms with Crippen molar-refractivity contribution >= 4 is 17.4 Å². The number of amides is 1. The van der Waals surface area contributed by atoms with Gasteiger partial charge in [-0.15, -0.1) is 11.3 Å². The van der Waals surface area contributed by atoms with Gasteiger partial charge in [0.15, 0.2) is 5.75 Å². The van der Waals surface area contributed by atoms with Crippen molar-refractivity contribution in [3.63, 3.8) is 0 Å². The second kappa shape index (κ2) is 9.76. The Morgan fingerprint density at radius 1 is 1.16 bits per heavy atom. The third-order valence-corrected chi connectivity index (χ3v) is 6.09. The molecule has 0 spiro atoms.